The highest BCUT2D eigenvalue weighted by Crippen LogP contribution is 2.23. The van der Waals surface area contributed by atoms with Crippen LogP contribution in [0.2, 0.25) is 5.02 Å². The van der Waals surface area contributed by atoms with E-state index in [9.17, 15) is 4.79 Å². The summed E-state index contributed by atoms with van der Waals surface area (Å²) in [6, 6.07) is 8.79. The zero-order valence-electron chi connectivity index (χ0n) is 11.1. The molecular formula is C15H10ClN3O2. The number of fused-ring (bicyclic) bond motifs is 1. The summed E-state index contributed by atoms with van der Waals surface area (Å²) in [7, 11) is 1.31. The highest BCUT2D eigenvalue weighted by atomic mass is 35.5. The van der Waals surface area contributed by atoms with E-state index in [1.165, 1.54) is 13.3 Å². The van der Waals surface area contributed by atoms with Gasteiger partial charge in [-0.3, -0.25) is 0 Å². The molecule has 21 heavy (non-hydrogen) atoms. The van der Waals surface area contributed by atoms with Crippen molar-refractivity contribution < 1.29 is 9.53 Å². The normalized spacial score (nSPS) is 10.6. The third-order valence-corrected chi connectivity index (χ3v) is 3.32. The van der Waals surface area contributed by atoms with Crippen molar-refractivity contribution in [2.75, 3.05) is 7.11 Å². The molecular weight excluding hydrogens is 290 g/mol. The molecule has 2 aromatic heterocycles. The number of aromatic nitrogens is 3. The first-order valence-electron chi connectivity index (χ1n) is 6.15. The molecule has 0 aliphatic rings. The van der Waals surface area contributed by atoms with E-state index < -0.39 is 5.97 Å². The highest BCUT2D eigenvalue weighted by Gasteiger charge is 2.09. The van der Waals surface area contributed by atoms with Crippen LogP contribution in [0, 0.1) is 0 Å². The number of rotatable bonds is 2. The molecule has 3 rings (SSSR count). The number of nitrogens with zero attached hydrogens (tertiary/aromatic N) is 3. The number of carbonyl (C=O) groups is 1. The molecule has 0 bridgehead atoms. The van der Waals surface area contributed by atoms with Gasteiger partial charge in [0, 0.05) is 23.3 Å². The first-order chi connectivity index (χ1) is 10.2. The second-order valence-corrected chi connectivity index (χ2v) is 4.70. The minimum absolute atomic E-state index is 0.241. The third-order valence-electron chi connectivity index (χ3n) is 2.99. The monoisotopic (exact) mass is 299 g/mol. The van der Waals surface area contributed by atoms with Crippen LogP contribution in [0.1, 0.15) is 10.5 Å². The Morgan fingerprint density at radius 2 is 2.00 bits per heavy atom. The van der Waals surface area contributed by atoms with Crippen LogP contribution in [-0.2, 0) is 4.74 Å². The Morgan fingerprint density at radius 3 is 2.71 bits per heavy atom. The van der Waals surface area contributed by atoms with Crippen molar-refractivity contribution in [3.8, 4) is 11.4 Å². The van der Waals surface area contributed by atoms with Gasteiger partial charge in [0.25, 0.3) is 0 Å². The third kappa shape index (κ3) is 2.55. The molecule has 0 fully saturated rings. The smallest absolute Gasteiger partial charge is 0.356 e. The van der Waals surface area contributed by atoms with Crippen LogP contribution >= 0.6 is 11.6 Å². The molecule has 0 N–H and O–H groups in total. The summed E-state index contributed by atoms with van der Waals surface area (Å²) in [6.07, 6.45) is 3.21. The number of ether oxygens (including phenoxy) is 1. The van der Waals surface area contributed by atoms with E-state index in [0.29, 0.717) is 16.4 Å². The first-order valence-corrected chi connectivity index (χ1v) is 6.53. The number of carbonyl (C=O) groups excluding carboxylic acids is 1. The number of methoxy groups -OCH3 is 1. The van der Waals surface area contributed by atoms with Crippen molar-refractivity contribution in [2.24, 2.45) is 0 Å². The largest absolute Gasteiger partial charge is 0.464 e. The number of hydrogen-bond donors (Lipinski definition) is 0. The average Bonchev–Trinajstić information content (AvgIpc) is 2.54. The second-order valence-electron chi connectivity index (χ2n) is 4.29. The van der Waals surface area contributed by atoms with Gasteiger partial charge in [-0.2, -0.15) is 0 Å². The van der Waals surface area contributed by atoms with Crippen LogP contribution in [0.15, 0.2) is 42.7 Å². The van der Waals surface area contributed by atoms with Gasteiger partial charge >= 0.3 is 5.97 Å². The maximum atomic E-state index is 11.3. The molecule has 0 atom stereocenters. The summed E-state index contributed by atoms with van der Waals surface area (Å²) in [5, 5.41) is 1.40. The first kappa shape index (κ1) is 13.5. The molecule has 0 unspecified atom stereocenters. The van der Waals surface area contributed by atoms with E-state index in [-0.39, 0.29) is 5.69 Å². The molecule has 5 nitrogen and oxygen atoms in total. The zero-order valence-corrected chi connectivity index (χ0v) is 11.8. The quantitative estimate of drug-likeness (QED) is 0.680. The summed E-state index contributed by atoms with van der Waals surface area (Å²) in [5.74, 6) is 0.0430. The van der Waals surface area contributed by atoms with Gasteiger partial charge in [-0.1, -0.05) is 17.7 Å². The van der Waals surface area contributed by atoms with Crippen molar-refractivity contribution >= 4 is 28.5 Å². The zero-order chi connectivity index (χ0) is 14.8. The average molecular weight is 300 g/mol. The van der Waals surface area contributed by atoms with E-state index >= 15 is 0 Å². The lowest BCUT2D eigenvalue weighted by molar-refractivity contribution is 0.0594. The fourth-order valence-corrected chi connectivity index (χ4v) is 2.13. The maximum Gasteiger partial charge on any atom is 0.356 e. The lowest BCUT2D eigenvalue weighted by Gasteiger charge is -2.04. The Balaban J connectivity index is 2.02. The van der Waals surface area contributed by atoms with Gasteiger partial charge in [0.05, 0.1) is 17.6 Å². The summed E-state index contributed by atoms with van der Waals surface area (Å²) < 4.78 is 4.61. The molecule has 3 aromatic rings. The van der Waals surface area contributed by atoms with Gasteiger partial charge in [-0.05, 0) is 24.3 Å². The molecule has 0 amide bonds. The molecule has 104 valence electrons. The van der Waals surface area contributed by atoms with Gasteiger partial charge in [0.2, 0.25) is 0 Å². The maximum absolute atomic E-state index is 11.3. The second kappa shape index (κ2) is 5.46. The van der Waals surface area contributed by atoms with Gasteiger partial charge in [-0.15, -0.1) is 0 Å². The summed E-state index contributed by atoms with van der Waals surface area (Å²) in [4.78, 5) is 24.1. The van der Waals surface area contributed by atoms with Crippen molar-refractivity contribution in [1.29, 1.82) is 0 Å². The van der Waals surface area contributed by atoms with Crippen molar-refractivity contribution in [1.82, 2.24) is 15.0 Å². The molecule has 0 aliphatic heterocycles. The Kier molecular flexibility index (Phi) is 3.50. The number of esters is 1. The van der Waals surface area contributed by atoms with Crippen LogP contribution in [-0.4, -0.2) is 28.0 Å². The Labute approximate surface area is 125 Å². The molecule has 0 saturated carbocycles. The molecule has 2 heterocycles. The molecule has 1 aromatic carbocycles. The topological polar surface area (TPSA) is 65.0 Å². The van der Waals surface area contributed by atoms with Crippen LogP contribution in [0.3, 0.4) is 0 Å². The molecule has 0 aliphatic carbocycles. The lowest BCUT2D eigenvalue weighted by atomic mass is 10.2. The fourth-order valence-electron chi connectivity index (χ4n) is 1.91. The highest BCUT2D eigenvalue weighted by molar-refractivity contribution is 6.35. The fraction of sp³-hybridized carbons (Fsp3) is 0.0667. The minimum Gasteiger partial charge on any atom is -0.464 e. The van der Waals surface area contributed by atoms with Crippen LogP contribution in [0.25, 0.3) is 22.3 Å². The summed E-state index contributed by atoms with van der Waals surface area (Å²) in [5.41, 5.74) is 1.71. The van der Waals surface area contributed by atoms with E-state index in [4.69, 9.17) is 11.6 Å². The lowest BCUT2D eigenvalue weighted by Crippen LogP contribution is -2.03. The minimum atomic E-state index is -0.479. The van der Waals surface area contributed by atoms with Crippen molar-refractivity contribution in [3.63, 3.8) is 0 Å². The van der Waals surface area contributed by atoms with Gasteiger partial charge in [-0.25, -0.2) is 19.7 Å². The Hall–Kier alpha value is -2.53. The number of halogens is 1. The van der Waals surface area contributed by atoms with E-state index in [0.717, 1.165) is 10.9 Å². The number of benzene rings is 1. The molecule has 6 heteroatoms. The van der Waals surface area contributed by atoms with E-state index in [1.54, 1.807) is 24.4 Å². The van der Waals surface area contributed by atoms with Gasteiger partial charge in [0.15, 0.2) is 5.82 Å². The number of pyridine rings is 1. The van der Waals surface area contributed by atoms with Gasteiger partial charge in [0.1, 0.15) is 5.69 Å². The van der Waals surface area contributed by atoms with Crippen molar-refractivity contribution in [3.05, 3.63) is 53.4 Å². The molecule has 0 spiro atoms. The predicted molar refractivity (Wildman–Crippen MR) is 79.1 cm³/mol. The Bertz CT molecular complexity index is 819. The van der Waals surface area contributed by atoms with Crippen LogP contribution in [0.4, 0.5) is 0 Å². The Morgan fingerprint density at radius 1 is 1.14 bits per heavy atom. The molecule has 0 radical (unpaired) electrons. The van der Waals surface area contributed by atoms with Gasteiger partial charge < -0.3 is 4.74 Å². The van der Waals surface area contributed by atoms with Crippen LogP contribution < -0.4 is 0 Å². The predicted octanol–water partition coefficient (Wildman–Crippen LogP) is 3.13. The standard InChI is InChI=1S/C15H10ClN3O2/c1-21-15(20)13-6-5-9(7-17-13)14-18-8-10-11(16)3-2-4-12(10)19-14/h2-8H,1H3. The summed E-state index contributed by atoms with van der Waals surface area (Å²) in [6.45, 7) is 0. The van der Waals surface area contributed by atoms with Crippen molar-refractivity contribution in [2.45, 2.75) is 0 Å². The summed E-state index contributed by atoms with van der Waals surface area (Å²) >= 11 is 6.08. The van der Waals surface area contributed by atoms with Crippen LogP contribution in [0.5, 0.6) is 0 Å². The SMILES string of the molecule is COC(=O)c1ccc(-c2ncc3c(Cl)cccc3n2)cn1. The van der Waals surface area contributed by atoms with E-state index in [1.807, 2.05) is 12.1 Å². The van der Waals surface area contributed by atoms with E-state index in [2.05, 4.69) is 19.7 Å². The number of hydrogen-bond acceptors (Lipinski definition) is 5. The molecule has 0 saturated heterocycles.